The van der Waals surface area contributed by atoms with E-state index >= 15 is 0 Å². The van der Waals surface area contributed by atoms with E-state index in [1.165, 1.54) is 0 Å². The molecule has 15 heavy (non-hydrogen) atoms. The first-order valence-corrected chi connectivity index (χ1v) is 6.17. The molecule has 0 aliphatic carbocycles. The molecule has 0 radical (unpaired) electrons. The zero-order chi connectivity index (χ0) is 10.8. The van der Waals surface area contributed by atoms with Gasteiger partial charge in [0.15, 0.2) is 0 Å². The molecule has 1 aromatic heterocycles. The second-order valence-corrected chi connectivity index (χ2v) is 5.31. The Morgan fingerprint density at radius 3 is 3.00 bits per heavy atom. The van der Waals surface area contributed by atoms with Crippen LogP contribution < -0.4 is 10.3 Å². The fourth-order valence-electron chi connectivity index (χ4n) is 1.42. The Bertz CT molecular complexity index is 529. The number of aromatic nitrogens is 1. The van der Waals surface area contributed by atoms with Crippen molar-refractivity contribution in [3.63, 3.8) is 0 Å². The quantitative estimate of drug-likeness (QED) is 0.804. The van der Waals surface area contributed by atoms with Gasteiger partial charge in [-0.25, -0.2) is 0 Å². The van der Waals surface area contributed by atoms with E-state index in [2.05, 4.69) is 0 Å². The standard InChI is InChI=1S/C10H11NO3Se/c1-14-7-2-3-9-8(6-7)10(13)11(15-9)4-5-12/h2-3,6,12H,4-5H2,1H3. The Balaban J connectivity index is 2.61. The summed E-state index contributed by atoms with van der Waals surface area (Å²) < 4.78 is 7.82. The zero-order valence-corrected chi connectivity index (χ0v) is 9.98. The molecule has 0 saturated heterocycles. The first kappa shape index (κ1) is 10.5. The van der Waals surface area contributed by atoms with Crippen LogP contribution in [0.5, 0.6) is 5.75 Å². The SMILES string of the molecule is COc1ccc2[se]n(CCO)c(=O)c2c1. The minimum atomic E-state index is -0.00190. The van der Waals surface area contributed by atoms with Crippen molar-refractivity contribution in [3.8, 4) is 5.75 Å². The molecule has 0 spiro atoms. The van der Waals surface area contributed by atoms with Gasteiger partial charge in [-0.15, -0.1) is 0 Å². The van der Waals surface area contributed by atoms with E-state index in [-0.39, 0.29) is 26.9 Å². The maximum atomic E-state index is 11.8. The molecule has 1 aromatic carbocycles. The molecule has 5 heteroatoms. The molecule has 0 amide bonds. The van der Waals surface area contributed by atoms with Crippen LogP contribution in [-0.2, 0) is 6.54 Å². The van der Waals surface area contributed by atoms with Gasteiger partial charge in [-0.1, -0.05) is 0 Å². The van der Waals surface area contributed by atoms with Gasteiger partial charge < -0.3 is 0 Å². The number of rotatable bonds is 3. The Kier molecular flexibility index (Phi) is 2.95. The van der Waals surface area contributed by atoms with E-state index in [0.717, 1.165) is 4.26 Å². The summed E-state index contributed by atoms with van der Waals surface area (Å²) in [7, 11) is 1.58. The number of hydrogen-bond acceptors (Lipinski definition) is 3. The molecule has 1 N–H and O–H groups in total. The third kappa shape index (κ3) is 1.86. The van der Waals surface area contributed by atoms with Crippen molar-refractivity contribution < 1.29 is 9.84 Å². The molecule has 0 aliphatic heterocycles. The van der Waals surface area contributed by atoms with Crippen LogP contribution in [0.2, 0.25) is 0 Å². The summed E-state index contributed by atoms with van der Waals surface area (Å²) in [4.78, 5) is 11.8. The van der Waals surface area contributed by atoms with E-state index in [1.54, 1.807) is 16.7 Å². The number of methoxy groups -OCH3 is 1. The zero-order valence-electron chi connectivity index (χ0n) is 8.27. The number of nitrogens with zero attached hydrogens (tertiary/aromatic N) is 1. The van der Waals surface area contributed by atoms with Gasteiger partial charge in [0.05, 0.1) is 0 Å². The second kappa shape index (κ2) is 4.23. The molecule has 0 saturated carbocycles. The summed E-state index contributed by atoms with van der Waals surface area (Å²) in [5, 5.41) is 9.53. The first-order chi connectivity index (χ1) is 7.26. The molecular weight excluding hydrogens is 261 g/mol. The molecule has 2 aromatic rings. The molecule has 80 valence electrons. The van der Waals surface area contributed by atoms with Crippen LogP contribution in [0.15, 0.2) is 23.0 Å². The number of aliphatic hydroxyl groups excluding tert-OH is 1. The number of ether oxygens (including phenoxy) is 1. The average Bonchev–Trinajstić information content (AvgIpc) is 2.56. The Hall–Kier alpha value is -1.03. The van der Waals surface area contributed by atoms with Gasteiger partial charge in [-0.3, -0.25) is 0 Å². The van der Waals surface area contributed by atoms with E-state index in [4.69, 9.17) is 9.84 Å². The topological polar surface area (TPSA) is 51.5 Å². The van der Waals surface area contributed by atoms with Crippen LogP contribution in [-0.4, -0.2) is 37.1 Å². The second-order valence-electron chi connectivity index (χ2n) is 3.08. The van der Waals surface area contributed by atoms with Gasteiger partial charge >= 0.3 is 92.3 Å². The molecule has 4 nitrogen and oxygen atoms in total. The summed E-state index contributed by atoms with van der Waals surface area (Å²) in [5.41, 5.74) is -0.00190. The van der Waals surface area contributed by atoms with Crippen LogP contribution in [0.3, 0.4) is 0 Å². The van der Waals surface area contributed by atoms with Gasteiger partial charge in [0, 0.05) is 0 Å². The molecule has 0 atom stereocenters. The summed E-state index contributed by atoms with van der Waals surface area (Å²) in [6.07, 6.45) is 0. The molecule has 1 heterocycles. The van der Waals surface area contributed by atoms with Gasteiger partial charge in [0.2, 0.25) is 0 Å². The molecule has 2 rings (SSSR count). The monoisotopic (exact) mass is 273 g/mol. The van der Waals surface area contributed by atoms with Crippen molar-refractivity contribution in [1.29, 1.82) is 0 Å². The number of hydrogen-bond donors (Lipinski definition) is 1. The molecular formula is C10H11NO3Se. The van der Waals surface area contributed by atoms with Crippen molar-refractivity contribution in [2.75, 3.05) is 13.7 Å². The predicted molar refractivity (Wildman–Crippen MR) is 58.8 cm³/mol. The van der Waals surface area contributed by atoms with Crippen molar-refractivity contribution >= 4 is 24.4 Å². The summed E-state index contributed by atoms with van der Waals surface area (Å²) in [6.45, 7) is 0.425. The Morgan fingerprint density at radius 2 is 2.33 bits per heavy atom. The van der Waals surface area contributed by atoms with Gasteiger partial charge in [-0.05, 0) is 0 Å². The van der Waals surface area contributed by atoms with Crippen LogP contribution >= 0.6 is 0 Å². The van der Waals surface area contributed by atoms with Crippen molar-refractivity contribution in [2.24, 2.45) is 0 Å². The number of aliphatic hydroxyl groups is 1. The van der Waals surface area contributed by atoms with E-state index in [1.807, 2.05) is 12.1 Å². The Labute approximate surface area is 92.7 Å². The van der Waals surface area contributed by atoms with Crippen LogP contribution in [0.1, 0.15) is 0 Å². The van der Waals surface area contributed by atoms with Crippen LogP contribution in [0, 0.1) is 0 Å². The normalized spacial score (nSPS) is 10.8. The molecule has 0 aliphatic rings. The van der Waals surface area contributed by atoms with Crippen molar-refractivity contribution in [3.05, 3.63) is 28.6 Å². The molecule has 0 unspecified atom stereocenters. The number of benzene rings is 1. The van der Waals surface area contributed by atoms with Crippen LogP contribution in [0.25, 0.3) is 9.65 Å². The van der Waals surface area contributed by atoms with Gasteiger partial charge in [0.1, 0.15) is 0 Å². The number of fused-ring (bicyclic) bond motifs is 1. The van der Waals surface area contributed by atoms with Gasteiger partial charge in [-0.2, -0.15) is 0 Å². The summed E-state index contributed by atoms with van der Waals surface area (Å²) in [5.74, 6) is 0.698. The average molecular weight is 272 g/mol. The van der Waals surface area contributed by atoms with E-state index < -0.39 is 0 Å². The first-order valence-electron chi connectivity index (χ1n) is 4.55. The van der Waals surface area contributed by atoms with Crippen molar-refractivity contribution in [1.82, 2.24) is 3.56 Å². The predicted octanol–water partition coefficient (Wildman–Crippen LogP) is 0.0594. The van der Waals surface area contributed by atoms with Crippen LogP contribution in [0.4, 0.5) is 0 Å². The van der Waals surface area contributed by atoms with E-state index in [9.17, 15) is 4.79 Å². The van der Waals surface area contributed by atoms with E-state index in [0.29, 0.717) is 17.7 Å². The summed E-state index contributed by atoms with van der Waals surface area (Å²) in [6, 6.07) is 5.54. The molecule has 0 bridgehead atoms. The Morgan fingerprint density at radius 1 is 1.53 bits per heavy atom. The van der Waals surface area contributed by atoms with Crippen molar-refractivity contribution in [2.45, 2.75) is 6.54 Å². The summed E-state index contributed by atoms with van der Waals surface area (Å²) >= 11 is 0.00141. The fourth-order valence-corrected chi connectivity index (χ4v) is 3.44. The molecule has 0 fully saturated rings. The minimum absolute atomic E-state index is 0.00141. The maximum absolute atomic E-state index is 11.8. The third-order valence-corrected chi connectivity index (χ3v) is 4.51. The fraction of sp³-hybridized carbons (Fsp3) is 0.300. The third-order valence-electron chi connectivity index (χ3n) is 2.16. The van der Waals surface area contributed by atoms with Gasteiger partial charge in [0.25, 0.3) is 0 Å².